The van der Waals surface area contributed by atoms with Gasteiger partial charge in [-0.15, -0.1) is 0 Å². The van der Waals surface area contributed by atoms with E-state index in [9.17, 15) is 9.59 Å². The van der Waals surface area contributed by atoms with Crippen LogP contribution in [-0.2, 0) is 17.8 Å². The fourth-order valence-electron chi connectivity index (χ4n) is 3.55. The average molecular weight is 408 g/mol. The van der Waals surface area contributed by atoms with Crippen LogP contribution in [0.4, 0.5) is 0 Å². The molecule has 1 heterocycles. The average Bonchev–Trinajstić information content (AvgIpc) is 3.13. The molecule has 7 heteroatoms. The fourth-order valence-corrected chi connectivity index (χ4v) is 3.55. The minimum atomic E-state index is -0.434. The number of hydrogen-bond acceptors (Lipinski definition) is 3. The molecule has 4 N–H and O–H groups in total. The highest BCUT2D eigenvalue weighted by atomic mass is 16.2. The van der Waals surface area contributed by atoms with Crippen LogP contribution in [0.3, 0.4) is 0 Å². The van der Waals surface area contributed by atoms with Crippen molar-refractivity contribution in [2.75, 3.05) is 26.7 Å². The van der Waals surface area contributed by atoms with Crippen LogP contribution in [0.1, 0.15) is 27.9 Å². The number of hydrogen-bond donors (Lipinski definition) is 3. The van der Waals surface area contributed by atoms with Crippen molar-refractivity contribution >= 4 is 17.8 Å². The molecular weight excluding hydrogens is 378 g/mol. The third-order valence-electron chi connectivity index (χ3n) is 5.29. The lowest BCUT2D eigenvalue weighted by molar-refractivity contribution is -0.127. The smallest absolute Gasteiger partial charge is 0.248 e. The Hall–Kier alpha value is -3.35. The lowest BCUT2D eigenvalue weighted by atomic mass is 10.1. The zero-order valence-corrected chi connectivity index (χ0v) is 17.3. The predicted octanol–water partition coefficient (Wildman–Crippen LogP) is 1.54. The number of nitrogens with zero attached hydrogens (tertiary/aromatic N) is 2. The second kappa shape index (κ2) is 10.4. The molecule has 0 bridgehead atoms. The zero-order chi connectivity index (χ0) is 21.3. The van der Waals surface area contributed by atoms with Gasteiger partial charge in [-0.3, -0.25) is 14.6 Å². The van der Waals surface area contributed by atoms with Gasteiger partial charge in [0.05, 0.1) is 0 Å². The summed E-state index contributed by atoms with van der Waals surface area (Å²) in [5.41, 5.74) is 8.02. The van der Waals surface area contributed by atoms with Crippen LogP contribution < -0.4 is 16.4 Å². The van der Waals surface area contributed by atoms with Crippen LogP contribution in [0, 0.1) is 5.92 Å². The van der Waals surface area contributed by atoms with Crippen molar-refractivity contribution in [2.45, 2.75) is 19.4 Å². The molecule has 0 spiro atoms. The first-order valence-electron chi connectivity index (χ1n) is 10.2. The van der Waals surface area contributed by atoms with Crippen LogP contribution in [0.2, 0.25) is 0 Å². The molecule has 0 radical (unpaired) electrons. The molecule has 0 aliphatic carbocycles. The maximum atomic E-state index is 12.3. The van der Waals surface area contributed by atoms with E-state index < -0.39 is 5.91 Å². The summed E-state index contributed by atoms with van der Waals surface area (Å²) < 4.78 is 0. The summed E-state index contributed by atoms with van der Waals surface area (Å²) in [4.78, 5) is 29.7. The number of nitrogens with two attached hydrogens (primary N) is 1. The molecule has 0 saturated carbocycles. The third kappa shape index (κ3) is 6.07. The molecule has 158 valence electrons. The second-order valence-electron chi connectivity index (χ2n) is 7.51. The lowest BCUT2D eigenvalue weighted by Gasteiger charge is -2.18. The summed E-state index contributed by atoms with van der Waals surface area (Å²) in [6.07, 6.45) is 1.44. The van der Waals surface area contributed by atoms with E-state index in [1.807, 2.05) is 35.2 Å². The van der Waals surface area contributed by atoms with Gasteiger partial charge < -0.3 is 21.3 Å². The number of guanidine groups is 1. The Kier molecular flexibility index (Phi) is 7.43. The number of carbonyl (C=O) groups excluding carboxylic acids is 2. The van der Waals surface area contributed by atoms with Gasteiger partial charge in [-0.2, -0.15) is 0 Å². The van der Waals surface area contributed by atoms with E-state index in [-0.39, 0.29) is 11.8 Å². The summed E-state index contributed by atoms with van der Waals surface area (Å²) in [5.74, 6) is 0.733. The SMILES string of the molecule is CN=C(NCc1ccc(C(N)=O)cc1)NCC1CC(=O)N(CCc2ccccc2)C1. The first kappa shape index (κ1) is 21.4. The summed E-state index contributed by atoms with van der Waals surface area (Å²) in [6.45, 7) is 2.79. The van der Waals surface area contributed by atoms with Gasteiger partial charge >= 0.3 is 0 Å². The van der Waals surface area contributed by atoms with Crippen molar-refractivity contribution < 1.29 is 9.59 Å². The quantitative estimate of drug-likeness (QED) is 0.457. The number of carbonyl (C=O) groups is 2. The molecule has 2 amide bonds. The first-order valence-corrected chi connectivity index (χ1v) is 10.2. The summed E-state index contributed by atoms with van der Waals surface area (Å²) in [7, 11) is 1.72. The van der Waals surface area contributed by atoms with Gasteiger partial charge in [-0.05, 0) is 29.7 Å². The molecule has 3 rings (SSSR count). The minimum absolute atomic E-state index is 0.218. The van der Waals surface area contributed by atoms with E-state index in [1.54, 1.807) is 19.2 Å². The normalized spacial score (nSPS) is 16.6. The van der Waals surface area contributed by atoms with Crippen molar-refractivity contribution in [3.05, 3.63) is 71.3 Å². The fraction of sp³-hybridized carbons (Fsp3) is 0.348. The van der Waals surface area contributed by atoms with E-state index in [2.05, 4.69) is 27.8 Å². The number of rotatable bonds is 8. The number of primary amides is 1. The molecule has 1 atom stereocenters. The van der Waals surface area contributed by atoms with Crippen LogP contribution >= 0.6 is 0 Å². The van der Waals surface area contributed by atoms with Crippen molar-refractivity contribution in [1.82, 2.24) is 15.5 Å². The van der Waals surface area contributed by atoms with Crippen LogP contribution in [-0.4, -0.2) is 49.4 Å². The van der Waals surface area contributed by atoms with Crippen LogP contribution in [0.5, 0.6) is 0 Å². The Morgan fingerprint density at radius 1 is 1.10 bits per heavy atom. The van der Waals surface area contributed by atoms with E-state index in [1.165, 1.54) is 5.56 Å². The monoisotopic (exact) mass is 407 g/mol. The van der Waals surface area contributed by atoms with Crippen molar-refractivity contribution in [3.8, 4) is 0 Å². The Balaban J connectivity index is 1.41. The maximum absolute atomic E-state index is 12.3. The Bertz CT molecular complexity index is 880. The zero-order valence-electron chi connectivity index (χ0n) is 17.3. The molecule has 7 nitrogen and oxygen atoms in total. The molecule has 2 aromatic rings. The van der Waals surface area contributed by atoms with Crippen molar-refractivity contribution in [1.29, 1.82) is 0 Å². The predicted molar refractivity (Wildman–Crippen MR) is 118 cm³/mol. The van der Waals surface area contributed by atoms with E-state index in [0.29, 0.717) is 31.0 Å². The molecule has 1 fully saturated rings. The van der Waals surface area contributed by atoms with E-state index in [0.717, 1.165) is 25.1 Å². The van der Waals surface area contributed by atoms with Gasteiger partial charge in [0.15, 0.2) is 5.96 Å². The van der Waals surface area contributed by atoms with Gasteiger partial charge in [-0.25, -0.2) is 0 Å². The topological polar surface area (TPSA) is 99.8 Å². The summed E-state index contributed by atoms with van der Waals surface area (Å²) in [6, 6.07) is 17.4. The Morgan fingerprint density at radius 2 is 1.83 bits per heavy atom. The molecule has 1 aliphatic rings. The number of likely N-dealkylation sites (tertiary alicyclic amines) is 1. The number of nitrogens with one attached hydrogen (secondary N) is 2. The standard InChI is InChI=1S/C23H29N5O2/c1-25-23(26-14-18-7-9-20(10-8-18)22(24)30)27-15-19-13-21(29)28(16-19)12-11-17-5-3-2-4-6-17/h2-10,19H,11-16H2,1H3,(H2,24,30)(H2,25,26,27). The summed E-state index contributed by atoms with van der Waals surface area (Å²) >= 11 is 0. The van der Waals surface area contributed by atoms with Crippen molar-refractivity contribution in [3.63, 3.8) is 0 Å². The highest BCUT2D eigenvalue weighted by Gasteiger charge is 2.29. The second-order valence-corrected chi connectivity index (χ2v) is 7.51. The number of aliphatic imine (C=N–C) groups is 1. The van der Waals surface area contributed by atoms with Crippen molar-refractivity contribution in [2.24, 2.45) is 16.6 Å². The summed E-state index contributed by atoms with van der Waals surface area (Å²) in [5, 5.41) is 6.56. The van der Waals surface area contributed by atoms with Gasteiger partial charge in [0.1, 0.15) is 0 Å². The minimum Gasteiger partial charge on any atom is -0.366 e. The molecule has 1 saturated heterocycles. The largest absolute Gasteiger partial charge is 0.366 e. The molecular formula is C23H29N5O2. The van der Waals surface area contributed by atoms with Gasteiger partial charge in [-0.1, -0.05) is 42.5 Å². The van der Waals surface area contributed by atoms with E-state index >= 15 is 0 Å². The van der Waals surface area contributed by atoms with Crippen LogP contribution in [0.15, 0.2) is 59.6 Å². The van der Waals surface area contributed by atoms with Crippen LogP contribution in [0.25, 0.3) is 0 Å². The molecule has 1 aliphatic heterocycles. The third-order valence-corrected chi connectivity index (χ3v) is 5.29. The Morgan fingerprint density at radius 3 is 2.50 bits per heavy atom. The van der Waals surface area contributed by atoms with Gasteiger partial charge in [0, 0.05) is 51.1 Å². The number of benzene rings is 2. The first-order chi connectivity index (χ1) is 14.5. The van der Waals surface area contributed by atoms with Gasteiger partial charge in [0.25, 0.3) is 0 Å². The maximum Gasteiger partial charge on any atom is 0.248 e. The molecule has 30 heavy (non-hydrogen) atoms. The number of amides is 2. The molecule has 1 unspecified atom stereocenters. The highest BCUT2D eigenvalue weighted by molar-refractivity contribution is 5.92. The lowest BCUT2D eigenvalue weighted by Crippen LogP contribution is -2.40. The Labute approximate surface area is 177 Å². The highest BCUT2D eigenvalue weighted by Crippen LogP contribution is 2.17. The molecule has 2 aromatic carbocycles. The van der Waals surface area contributed by atoms with Gasteiger partial charge in [0.2, 0.25) is 11.8 Å². The molecule has 0 aromatic heterocycles. The van der Waals surface area contributed by atoms with E-state index in [4.69, 9.17) is 5.73 Å².